The number of nitrogens with one attached hydrogen (secondary N) is 3. The largest absolute Gasteiger partial charge is 0.505 e. The van der Waals surface area contributed by atoms with Crippen LogP contribution in [-0.4, -0.2) is 233 Å². The first kappa shape index (κ1) is 69.9. The van der Waals surface area contributed by atoms with Crippen LogP contribution in [0.5, 0.6) is 5.75 Å². The summed E-state index contributed by atoms with van der Waals surface area (Å²) in [5.74, 6) is -1.15. The maximum absolute atomic E-state index is 12.8. The molecule has 7 rings (SSSR count). The number of azo groups is 2. The number of hydrogen-bond donors (Lipinski definition) is 9. The van der Waals surface area contributed by atoms with Gasteiger partial charge in [-0.3, -0.25) is 27.7 Å². The number of nitrogens with zero attached hydrogens (tertiary/aromatic N) is 7. The number of aromatic nitrogens is 3. The van der Waals surface area contributed by atoms with Crippen molar-refractivity contribution in [2.24, 2.45) is 25.4 Å². The number of para-hydroxylation sites is 1. The van der Waals surface area contributed by atoms with Gasteiger partial charge in [0.1, 0.15) is 31.7 Å². The van der Waals surface area contributed by atoms with Gasteiger partial charge in [-0.2, -0.15) is 57.2 Å². The molecule has 0 atom stereocenters. The predicted molar refractivity (Wildman–Crippen MR) is 280 cm³/mol. The van der Waals surface area contributed by atoms with Gasteiger partial charge in [0.25, 0.3) is 50.6 Å². The summed E-state index contributed by atoms with van der Waals surface area (Å²) in [6, 6.07) is 18.8. The van der Waals surface area contributed by atoms with Gasteiger partial charge >= 0.3 is 0 Å². The first-order chi connectivity index (χ1) is 32.9. The van der Waals surface area contributed by atoms with Crippen LogP contribution in [0.1, 0.15) is 11.1 Å². The molecule has 7 aromatic rings. The Labute approximate surface area is 548 Å². The molecule has 5 radical (unpaired) electrons. The fourth-order valence-corrected chi connectivity index (χ4v) is 9.62. The van der Waals surface area contributed by atoms with Crippen molar-refractivity contribution in [3.8, 4) is 5.75 Å². The average Bonchev–Trinajstić information content (AvgIpc) is 3.25. The third kappa shape index (κ3) is 17.4. The molecule has 0 unspecified atom stereocenters. The zero-order valence-electron chi connectivity index (χ0n) is 40.6. The number of phenolic OH excluding ortho intramolecular Hbond substituents is 1. The summed E-state index contributed by atoms with van der Waals surface area (Å²) in [4.78, 5) is 10.1. The van der Waals surface area contributed by atoms with Crippen LogP contribution in [0, 0.1) is 13.8 Å². The first-order valence-electron chi connectivity index (χ1n) is 19.2. The molecule has 76 heavy (non-hydrogen) atoms. The van der Waals surface area contributed by atoms with Gasteiger partial charge in [0.15, 0.2) is 5.75 Å². The van der Waals surface area contributed by atoms with Crippen molar-refractivity contribution in [2.75, 3.05) is 10.6 Å². The zero-order chi connectivity index (χ0) is 52.0. The van der Waals surface area contributed by atoms with Gasteiger partial charge in [0, 0.05) is 165 Å². The van der Waals surface area contributed by atoms with Gasteiger partial charge in [0.2, 0.25) is 16.9 Å². The van der Waals surface area contributed by atoms with Crippen molar-refractivity contribution in [1.82, 2.24) is 15.0 Å². The van der Waals surface area contributed by atoms with Crippen molar-refractivity contribution in [1.29, 1.82) is 0 Å². The van der Waals surface area contributed by atoms with Crippen LogP contribution in [-0.2, 0) is 50.6 Å². The molecule has 1 aromatic heterocycles. The molecule has 0 bridgehead atoms. The molecule has 0 saturated carbocycles. The monoisotopic (exact) mass is 1200 g/mol. The number of aromatic hydroxyl groups is 1. The van der Waals surface area contributed by atoms with Crippen molar-refractivity contribution in [3.05, 3.63) is 119 Å². The number of aryl methyl sites for hydroxylation is 2. The Morgan fingerprint density at radius 2 is 1.08 bits per heavy atom. The third-order valence-electron chi connectivity index (χ3n) is 9.65. The SMILES string of the molecule is Cc1cc(Nc2nc(Cl)nc(=Nc3cccc(S(=O)(=O)O)c3)[nH]2)c(C)cc1N=Nc1cc(S(=O)(=O)O)c(N=Nc2c(S(=O)(=O)O)cc3cc(S(=O)(=O)O)cc(Nc4ccccc4)c3c2O)cc1S(=O)(=O)O.[Na].[Na].[Na].[Na].[Na]. The predicted octanol–water partition coefficient (Wildman–Crippen LogP) is 5.81. The summed E-state index contributed by atoms with van der Waals surface area (Å²) in [6.07, 6.45) is 0. The van der Waals surface area contributed by atoms with Crippen LogP contribution in [0.25, 0.3) is 10.8 Å². The van der Waals surface area contributed by atoms with E-state index in [1.54, 1.807) is 25.1 Å². The topological polar surface area (TPSA) is 420 Å². The summed E-state index contributed by atoms with van der Waals surface area (Å²) in [6.45, 7) is 3.13. The molecule has 0 spiro atoms. The van der Waals surface area contributed by atoms with Gasteiger partial charge in [0.05, 0.1) is 26.9 Å². The molecule has 0 aliphatic heterocycles. The number of fused-ring (bicyclic) bond motifs is 1. The van der Waals surface area contributed by atoms with Crippen molar-refractivity contribution in [2.45, 2.75) is 38.3 Å². The summed E-state index contributed by atoms with van der Waals surface area (Å²) >= 11 is 6.12. The molecule has 6 aromatic carbocycles. The molecule has 375 valence electrons. The number of hydrogen-bond acceptors (Lipinski definition) is 20. The second kappa shape index (κ2) is 27.5. The van der Waals surface area contributed by atoms with E-state index in [0.29, 0.717) is 35.0 Å². The Morgan fingerprint density at radius 1 is 0.526 bits per heavy atom. The summed E-state index contributed by atoms with van der Waals surface area (Å²) in [7, 11) is -25.8. The van der Waals surface area contributed by atoms with E-state index in [-0.39, 0.29) is 193 Å². The maximum Gasteiger partial charge on any atom is 0.296 e. The van der Waals surface area contributed by atoms with E-state index < -0.39 is 103 Å². The number of aromatic amines is 1. The Hall–Kier alpha value is -2.17. The Morgan fingerprint density at radius 3 is 1.63 bits per heavy atom. The summed E-state index contributed by atoms with van der Waals surface area (Å²) in [5, 5.41) is 31.2. The molecular weight excluding hydrogens is 1180 g/mol. The Bertz CT molecular complexity index is 4110. The van der Waals surface area contributed by atoms with E-state index in [2.05, 4.69) is 51.0 Å². The van der Waals surface area contributed by atoms with Crippen LogP contribution in [0.4, 0.5) is 51.4 Å². The van der Waals surface area contributed by atoms with Crippen molar-refractivity contribution < 1.29 is 70.0 Å². The molecule has 0 aliphatic rings. The van der Waals surface area contributed by atoms with Crippen LogP contribution < -0.4 is 16.3 Å². The number of benzene rings is 6. The standard InChI is InChI=1S/C39H31ClN10O16S5.5Na/c1-19-12-27(20(2)11-26(19)43-39-45-37(40)44-38(46-39)42-23-9-6-10-24(15-23)67(52,53)54)47-48-28-17-32(70(61,62)63)29(18-31(28)69(58,59)60)49-50-35-33(71(64,65)66)14-21-13-25(68(55,56)57)16-30(34(21)36(35)51)41-22-7-4-3-5-8-22;;;;;/h3-18,41,51H,1-2H3,(H,52,53,54)(H,55,56,57)(H,58,59,60)(H,61,62,63)(H,64,65,66)(H2,42,43,44,45,46);;;;;. The third-order valence-corrected chi connectivity index (χ3v) is 14.1. The van der Waals surface area contributed by atoms with Gasteiger partial charge in [-0.15, -0.1) is 15.3 Å². The number of halogens is 1. The molecule has 0 aliphatic carbocycles. The van der Waals surface area contributed by atoms with E-state index >= 15 is 0 Å². The fraction of sp³-hybridized carbons (Fsp3) is 0.0513. The number of H-pyrrole nitrogens is 1. The minimum absolute atomic E-state index is 0. The number of phenols is 1. The van der Waals surface area contributed by atoms with E-state index in [1.807, 2.05) is 0 Å². The normalized spacial score (nSPS) is 12.2. The first-order valence-corrected chi connectivity index (χ1v) is 26.8. The van der Waals surface area contributed by atoms with E-state index in [9.17, 15) is 70.0 Å². The number of anilines is 4. The molecule has 9 N–H and O–H groups in total. The second-order valence-corrected chi connectivity index (χ2v) is 22.0. The van der Waals surface area contributed by atoms with Crippen molar-refractivity contribution in [3.63, 3.8) is 0 Å². The van der Waals surface area contributed by atoms with E-state index in [1.165, 1.54) is 43.3 Å². The zero-order valence-corrected chi connectivity index (χ0v) is 55.4. The smallest absolute Gasteiger partial charge is 0.296 e. The number of rotatable bonds is 14. The molecular formula is C39H31ClN10Na5O16S5. The molecule has 0 saturated heterocycles. The van der Waals surface area contributed by atoms with Crippen LogP contribution in [0.3, 0.4) is 0 Å². The molecule has 26 nitrogen and oxygen atoms in total. The summed E-state index contributed by atoms with van der Waals surface area (Å²) in [5.41, 5.74) is -1.99. The van der Waals surface area contributed by atoms with Gasteiger partial charge in [-0.25, -0.2) is 4.99 Å². The fourth-order valence-electron chi connectivity index (χ4n) is 6.48. The van der Waals surface area contributed by atoms with E-state index in [0.717, 1.165) is 24.3 Å². The minimum Gasteiger partial charge on any atom is -0.505 e. The maximum atomic E-state index is 12.8. The Kier molecular flexibility index (Phi) is 25.3. The molecule has 37 heteroatoms. The summed E-state index contributed by atoms with van der Waals surface area (Å²) < 4.78 is 174. The quantitative estimate of drug-likeness (QED) is 0.0352. The van der Waals surface area contributed by atoms with Crippen molar-refractivity contribution >= 4 is 272 Å². The van der Waals surface area contributed by atoms with Gasteiger partial charge < -0.3 is 15.7 Å². The Balaban J connectivity index is 0.00000395. The molecule has 1 heterocycles. The van der Waals surface area contributed by atoms with Crippen LogP contribution in [0.2, 0.25) is 5.28 Å². The van der Waals surface area contributed by atoms with Gasteiger partial charge in [-0.1, -0.05) is 24.3 Å². The van der Waals surface area contributed by atoms with Crippen LogP contribution >= 0.6 is 11.6 Å². The minimum atomic E-state index is -5.46. The second-order valence-electron chi connectivity index (χ2n) is 14.7. The molecule has 0 amide bonds. The van der Waals surface area contributed by atoms with E-state index in [4.69, 9.17) is 11.6 Å². The molecule has 0 fully saturated rings. The van der Waals surface area contributed by atoms with Gasteiger partial charge in [-0.05, 0) is 115 Å². The van der Waals surface area contributed by atoms with Crippen LogP contribution in [0.15, 0.2) is 147 Å². The average molecular weight is 1210 g/mol.